The maximum Gasteiger partial charge on any atom is 0.228 e. The molecule has 2 saturated heterocycles. The molecule has 0 unspecified atom stereocenters. The van der Waals surface area contributed by atoms with Crippen molar-refractivity contribution in [2.45, 2.75) is 90.4 Å². The fourth-order valence-corrected chi connectivity index (χ4v) is 8.43. The number of nitrogens with zero attached hydrogens (tertiary/aromatic N) is 5. The number of Topliss-reactive ketones (excluding diaryl/α,β-unsaturated/α-hetero) is 2. The molecule has 6 rings (SSSR count). The molecule has 3 aromatic carbocycles. The molecule has 4 aromatic rings. The van der Waals surface area contributed by atoms with E-state index < -0.39 is 30.4 Å². The summed E-state index contributed by atoms with van der Waals surface area (Å²) < 4.78 is 8.53. The highest BCUT2D eigenvalue weighted by molar-refractivity contribution is 6.31. The second kappa shape index (κ2) is 20.1. The molecule has 2 amide bonds. The molecule has 2 aliphatic heterocycles. The van der Waals surface area contributed by atoms with Gasteiger partial charge < -0.3 is 24.2 Å². The quantitative estimate of drug-likeness (QED) is 0.162. The van der Waals surface area contributed by atoms with Crippen LogP contribution < -0.4 is 4.74 Å². The number of rotatable bonds is 11. The lowest BCUT2D eigenvalue weighted by molar-refractivity contribution is -0.145. The van der Waals surface area contributed by atoms with Gasteiger partial charge in [0.1, 0.15) is 23.1 Å². The fourth-order valence-electron chi connectivity index (χ4n) is 8.14. The largest absolute Gasteiger partial charge is 0.457 e. The fraction of sp³-hybridized carbons (Fsp3) is 0.457. The number of ether oxygens (including phenoxy) is 1. The molecule has 0 aliphatic carbocycles. The molecule has 3 heterocycles. The number of ketones is 2. The number of imidazole rings is 1. The molecule has 0 radical (unpaired) electrons. The van der Waals surface area contributed by atoms with Crippen molar-refractivity contribution < 1.29 is 29.0 Å². The Hall–Kier alpha value is -4.55. The molecule has 1 N–H and O–H groups in total. The van der Waals surface area contributed by atoms with Crippen LogP contribution in [-0.2, 0) is 45.7 Å². The van der Waals surface area contributed by atoms with Gasteiger partial charge in [-0.05, 0) is 106 Å². The highest BCUT2D eigenvalue weighted by atomic mass is 35.5. The highest BCUT2D eigenvalue weighted by Gasteiger charge is 2.35. The van der Waals surface area contributed by atoms with E-state index >= 15 is 0 Å². The summed E-state index contributed by atoms with van der Waals surface area (Å²) in [5, 5.41) is 11.4. The summed E-state index contributed by atoms with van der Waals surface area (Å²) >= 11 is 12.6. The van der Waals surface area contributed by atoms with Crippen LogP contribution >= 0.6 is 23.2 Å². The predicted molar refractivity (Wildman–Crippen MR) is 229 cm³/mol. The van der Waals surface area contributed by atoms with Crippen LogP contribution in [0.1, 0.15) is 75.7 Å². The lowest BCUT2D eigenvalue weighted by Gasteiger charge is -2.34. The third-order valence-corrected chi connectivity index (χ3v) is 12.5. The second-order valence-corrected chi connectivity index (χ2v) is 16.8. The minimum atomic E-state index is -1.03. The van der Waals surface area contributed by atoms with Gasteiger partial charge in [0.15, 0.2) is 5.78 Å². The van der Waals surface area contributed by atoms with E-state index in [1.54, 1.807) is 49.2 Å². The van der Waals surface area contributed by atoms with E-state index in [4.69, 9.17) is 32.9 Å². The number of carbonyl (C=O) groups excluding carboxylic acids is 4. The normalized spacial score (nSPS) is 21.6. The molecule has 0 saturated carbocycles. The van der Waals surface area contributed by atoms with E-state index in [-0.39, 0.29) is 49.3 Å². The number of amides is 2. The molecule has 1 aromatic heterocycles. The van der Waals surface area contributed by atoms with Crippen LogP contribution in [0, 0.1) is 11.8 Å². The Kier molecular flexibility index (Phi) is 15.0. The molecular formula is C46H55Cl2N5O6. The van der Waals surface area contributed by atoms with E-state index in [1.165, 1.54) is 17.7 Å². The van der Waals surface area contributed by atoms with Crippen molar-refractivity contribution in [2.75, 3.05) is 26.7 Å². The van der Waals surface area contributed by atoms with Gasteiger partial charge in [-0.2, -0.15) is 0 Å². The van der Waals surface area contributed by atoms with E-state index in [9.17, 15) is 24.3 Å². The maximum absolute atomic E-state index is 14.3. The van der Waals surface area contributed by atoms with Crippen LogP contribution in [0.2, 0.25) is 10.0 Å². The van der Waals surface area contributed by atoms with Gasteiger partial charge in [-0.3, -0.25) is 24.1 Å². The third-order valence-electron chi connectivity index (χ3n) is 12.0. The van der Waals surface area contributed by atoms with Gasteiger partial charge in [-0.1, -0.05) is 48.3 Å². The van der Waals surface area contributed by atoms with Crippen molar-refractivity contribution >= 4 is 46.6 Å². The summed E-state index contributed by atoms with van der Waals surface area (Å²) in [7, 11) is 3.69. The molecule has 59 heavy (non-hydrogen) atoms. The predicted octanol–water partition coefficient (Wildman–Crippen LogP) is 7.92. The van der Waals surface area contributed by atoms with E-state index in [2.05, 4.69) is 9.47 Å². The van der Waals surface area contributed by atoms with Gasteiger partial charge in [0, 0.05) is 66.5 Å². The van der Waals surface area contributed by atoms with Gasteiger partial charge in [-0.25, -0.2) is 4.98 Å². The molecule has 0 spiro atoms. The Labute approximate surface area is 357 Å². The van der Waals surface area contributed by atoms with Crippen LogP contribution in [0.15, 0.2) is 72.9 Å². The molecule has 13 heteroatoms. The van der Waals surface area contributed by atoms with Crippen LogP contribution in [0.5, 0.6) is 11.5 Å². The first kappa shape index (κ1) is 44.0. The number of aromatic nitrogens is 2. The lowest BCUT2D eigenvalue weighted by atomic mass is 9.89. The van der Waals surface area contributed by atoms with Gasteiger partial charge >= 0.3 is 0 Å². The first-order valence-corrected chi connectivity index (χ1v) is 21.4. The van der Waals surface area contributed by atoms with Crippen molar-refractivity contribution in [2.24, 2.45) is 18.9 Å². The van der Waals surface area contributed by atoms with E-state index in [1.807, 2.05) is 56.6 Å². The van der Waals surface area contributed by atoms with Gasteiger partial charge in [0.2, 0.25) is 11.8 Å². The second-order valence-electron chi connectivity index (χ2n) is 16.0. The molecular weight excluding hydrogens is 789 g/mol. The van der Waals surface area contributed by atoms with Crippen LogP contribution in [0.3, 0.4) is 0 Å². The zero-order valence-corrected chi connectivity index (χ0v) is 35.9. The first-order valence-electron chi connectivity index (χ1n) is 20.6. The number of carbonyl (C=O) groups is 4. The maximum atomic E-state index is 14.3. The van der Waals surface area contributed by atoms with Crippen molar-refractivity contribution in [3.63, 3.8) is 0 Å². The summed E-state index contributed by atoms with van der Waals surface area (Å²) in [6.07, 6.45) is 5.41. The zero-order chi connectivity index (χ0) is 42.2. The Bertz CT molecular complexity index is 2100. The highest BCUT2D eigenvalue weighted by Crippen LogP contribution is 2.33. The number of benzene rings is 3. The number of likely N-dealkylation sites (tertiary alicyclic amines) is 1. The molecule has 314 valence electrons. The Morgan fingerprint density at radius 1 is 0.847 bits per heavy atom. The Morgan fingerprint density at radius 3 is 2.22 bits per heavy atom. The van der Waals surface area contributed by atoms with Crippen LogP contribution in [0.4, 0.5) is 0 Å². The summed E-state index contributed by atoms with van der Waals surface area (Å²) in [5.41, 5.74) is 3.51. The monoisotopic (exact) mass is 843 g/mol. The lowest BCUT2D eigenvalue weighted by Crippen LogP contribution is -2.47. The summed E-state index contributed by atoms with van der Waals surface area (Å²) in [6.45, 7) is 5.95. The number of aliphatic hydroxyl groups is 1. The molecule has 2 aliphatic rings. The number of aliphatic hydroxyl groups excluding tert-OH is 1. The summed E-state index contributed by atoms with van der Waals surface area (Å²) in [4.78, 5) is 66.2. The van der Waals surface area contributed by atoms with Gasteiger partial charge in [-0.15, -0.1) is 0 Å². The van der Waals surface area contributed by atoms with Crippen LogP contribution in [-0.4, -0.2) is 91.6 Å². The average Bonchev–Trinajstić information content (AvgIpc) is 3.89. The topological polar surface area (TPSA) is 125 Å². The van der Waals surface area contributed by atoms with Crippen LogP contribution in [0.25, 0.3) is 11.3 Å². The van der Waals surface area contributed by atoms with E-state index in [0.717, 1.165) is 42.3 Å². The smallest absolute Gasteiger partial charge is 0.228 e. The SMILES string of the molecule is CC[C@@H]1CC(=O)N(Cc2ccc(Cl)cc2Oc2ccc(-c3cnc(CN4CCCC4)n3C)cc2)[C@@H](C)C(=O)C[C@@H](CO)C(=O)N(C)[C@H](Cc2ccc(Cl)cc2)CCC1=O. The number of likely N-dealkylation sites (N-methyl/N-ethyl adjacent to an activating group) is 1. The molecule has 11 nitrogen and oxygen atoms in total. The minimum Gasteiger partial charge on any atom is -0.457 e. The molecule has 0 bridgehead atoms. The van der Waals surface area contributed by atoms with Gasteiger partial charge in [0.05, 0.1) is 43.5 Å². The van der Waals surface area contributed by atoms with Crippen molar-refractivity contribution in [3.05, 3.63) is 99.9 Å². The van der Waals surface area contributed by atoms with Gasteiger partial charge in [0.25, 0.3) is 0 Å². The Balaban J connectivity index is 1.23. The summed E-state index contributed by atoms with van der Waals surface area (Å²) in [5.74, 6) is -0.851. The summed E-state index contributed by atoms with van der Waals surface area (Å²) in [6, 6.07) is 18.8. The van der Waals surface area contributed by atoms with Crippen molar-refractivity contribution in [3.8, 4) is 22.8 Å². The third kappa shape index (κ3) is 11.0. The standard InChI is InChI=1S/C46H55Cl2N5O6/c1-5-32-24-45(57)53(30(2)42(56)23-35(29-54)46(58)50(3)38(16-19-41(32)55)22-31-8-13-36(47)14-9-31)27-34-10-15-37(48)25-43(34)59-39-17-11-33(12-18-39)40-26-49-44(51(40)4)28-52-20-6-7-21-52/h8-15,17-18,25-26,30,32,35,38,54H,5-7,16,19-24,27-29H2,1-4H3/t30-,32+,35-,38-/m0/s1. The zero-order valence-electron chi connectivity index (χ0n) is 34.4. The van der Waals surface area contributed by atoms with Crippen molar-refractivity contribution in [1.82, 2.24) is 24.3 Å². The number of halogens is 2. The molecule has 4 atom stereocenters. The number of hydrogen-bond acceptors (Lipinski definition) is 8. The average molecular weight is 845 g/mol. The number of hydrogen-bond donors (Lipinski definition) is 1. The Morgan fingerprint density at radius 2 is 1.54 bits per heavy atom. The van der Waals surface area contributed by atoms with Crippen molar-refractivity contribution in [1.29, 1.82) is 0 Å². The molecule has 2 fully saturated rings. The minimum absolute atomic E-state index is 0.0173. The first-order chi connectivity index (χ1) is 28.3. The van der Waals surface area contributed by atoms with E-state index in [0.29, 0.717) is 46.4 Å².